The Labute approximate surface area is 183 Å². The van der Waals surface area contributed by atoms with Crippen molar-refractivity contribution < 1.29 is 28.2 Å². The summed E-state index contributed by atoms with van der Waals surface area (Å²) >= 11 is 5.71. The van der Waals surface area contributed by atoms with E-state index in [-0.39, 0.29) is 32.7 Å². The summed E-state index contributed by atoms with van der Waals surface area (Å²) in [5.41, 5.74) is -0.154. The molecule has 1 heterocycles. The summed E-state index contributed by atoms with van der Waals surface area (Å²) in [5.74, 6) is -4.53. The van der Waals surface area contributed by atoms with E-state index in [1.807, 2.05) is 0 Å². The maximum absolute atomic E-state index is 15.0. The Bertz CT molecular complexity index is 1210. The average Bonchev–Trinajstić information content (AvgIpc) is 2.97. The topological polar surface area (TPSA) is 68.5 Å². The summed E-state index contributed by atoms with van der Waals surface area (Å²) in [6.45, 7) is 8.21. The van der Waals surface area contributed by atoms with E-state index < -0.39 is 40.8 Å². The number of aromatic hydroxyl groups is 1. The van der Waals surface area contributed by atoms with Crippen molar-refractivity contribution in [2.75, 3.05) is 0 Å². The number of aromatic nitrogens is 1. The molecule has 1 atom stereocenters. The number of nitrogens with zero attached hydrogens (tertiary/aromatic N) is 1. The first-order chi connectivity index (χ1) is 14.3. The van der Waals surface area contributed by atoms with Gasteiger partial charge in [0.15, 0.2) is 11.6 Å². The van der Waals surface area contributed by atoms with E-state index in [0.717, 1.165) is 12.1 Å². The number of halogens is 3. The number of carbonyl (C=O) groups is 2. The zero-order valence-electron chi connectivity index (χ0n) is 17.7. The van der Waals surface area contributed by atoms with Gasteiger partial charge in [0.25, 0.3) is 5.91 Å². The van der Waals surface area contributed by atoms with Crippen LogP contribution in [0.4, 0.5) is 8.78 Å². The van der Waals surface area contributed by atoms with Crippen molar-refractivity contribution in [2.45, 2.75) is 46.1 Å². The molecule has 0 aliphatic rings. The van der Waals surface area contributed by atoms with Gasteiger partial charge in [0.05, 0.1) is 16.5 Å². The summed E-state index contributed by atoms with van der Waals surface area (Å²) in [7, 11) is 0. The maximum atomic E-state index is 15.0. The molecule has 0 aliphatic carbocycles. The predicted molar refractivity (Wildman–Crippen MR) is 114 cm³/mol. The van der Waals surface area contributed by atoms with Crippen LogP contribution in [0.5, 0.6) is 5.75 Å². The first kappa shape index (κ1) is 22.7. The number of phenols is 1. The Balaban J connectivity index is 2.26. The van der Waals surface area contributed by atoms with Crippen LogP contribution >= 0.6 is 11.6 Å². The number of hydrogen-bond donors (Lipinski definition) is 1. The largest absolute Gasteiger partial charge is 0.505 e. The first-order valence-corrected chi connectivity index (χ1v) is 9.96. The lowest BCUT2D eigenvalue weighted by Gasteiger charge is -2.22. The van der Waals surface area contributed by atoms with Gasteiger partial charge in [-0.05, 0) is 70.5 Å². The van der Waals surface area contributed by atoms with E-state index in [0.29, 0.717) is 0 Å². The number of phenolic OH excluding ortho intramolecular Hbond substituents is 1. The highest BCUT2D eigenvalue weighted by Crippen LogP contribution is 2.38. The zero-order valence-corrected chi connectivity index (χ0v) is 18.5. The van der Waals surface area contributed by atoms with Gasteiger partial charge in [0.1, 0.15) is 11.4 Å². The highest BCUT2D eigenvalue weighted by Gasteiger charge is 2.31. The third-order valence-electron chi connectivity index (χ3n) is 4.90. The Kier molecular flexibility index (Phi) is 5.84. The molecule has 1 N–H and O–H groups in total. The lowest BCUT2D eigenvalue weighted by molar-refractivity contribution is -0.156. The molecule has 0 aliphatic heterocycles. The molecule has 0 spiro atoms. The Hall–Kier alpha value is -2.93. The molecule has 0 fully saturated rings. The van der Waals surface area contributed by atoms with E-state index in [2.05, 4.69) is 0 Å². The minimum Gasteiger partial charge on any atom is -0.505 e. The molecule has 164 valence electrons. The number of esters is 1. The normalized spacial score (nSPS) is 12.8. The van der Waals surface area contributed by atoms with Crippen molar-refractivity contribution in [3.63, 3.8) is 0 Å². The molecule has 0 radical (unpaired) electrons. The van der Waals surface area contributed by atoms with Gasteiger partial charge in [-0.2, -0.15) is 0 Å². The Morgan fingerprint density at radius 3 is 2.39 bits per heavy atom. The van der Waals surface area contributed by atoms with Crippen molar-refractivity contribution in [1.82, 2.24) is 4.57 Å². The molecule has 2 aromatic carbocycles. The van der Waals surface area contributed by atoms with E-state index in [4.69, 9.17) is 16.3 Å². The van der Waals surface area contributed by atoms with Crippen LogP contribution in [0.25, 0.3) is 10.9 Å². The van der Waals surface area contributed by atoms with Gasteiger partial charge in [-0.15, -0.1) is 0 Å². The summed E-state index contributed by atoms with van der Waals surface area (Å²) < 4.78 is 35.5. The lowest BCUT2D eigenvalue weighted by Crippen LogP contribution is -2.27. The van der Waals surface area contributed by atoms with Crippen LogP contribution in [0, 0.1) is 18.6 Å². The Morgan fingerprint density at radius 1 is 1.16 bits per heavy atom. The fourth-order valence-electron chi connectivity index (χ4n) is 3.54. The summed E-state index contributed by atoms with van der Waals surface area (Å²) in [6, 6.07) is 6.08. The second kappa shape index (κ2) is 7.96. The van der Waals surface area contributed by atoms with Gasteiger partial charge in [-0.3, -0.25) is 14.2 Å². The molecule has 31 heavy (non-hydrogen) atoms. The fourth-order valence-corrected chi connectivity index (χ4v) is 3.65. The average molecular weight is 450 g/mol. The van der Waals surface area contributed by atoms with Crippen LogP contribution in [-0.2, 0) is 9.53 Å². The van der Waals surface area contributed by atoms with Crippen molar-refractivity contribution in [1.29, 1.82) is 0 Å². The lowest BCUT2D eigenvalue weighted by atomic mass is 9.97. The molecule has 8 heteroatoms. The van der Waals surface area contributed by atoms with E-state index in [1.165, 1.54) is 29.7 Å². The minimum absolute atomic E-state index is 0.00754. The quantitative estimate of drug-likeness (QED) is 0.519. The van der Waals surface area contributed by atoms with Crippen molar-refractivity contribution in [3.05, 3.63) is 63.8 Å². The number of fused-ring (bicyclic) bond motifs is 1. The molecule has 3 rings (SSSR count). The molecule has 0 amide bonds. The maximum Gasteiger partial charge on any atom is 0.313 e. The van der Waals surface area contributed by atoms with Crippen LogP contribution < -0.4 is 0 Å². The van der Waals surface area contributed by atoms with Crippen molar-refractivity contribution in [2.24, 2.45) is 0 Å². The van der Waals surface area contributed by atoms with Crippen LogP contribution in [0.15, 0.2) is 30.3 Å². The van der Waals surface area contributed by atoms with Gasteiger partial charge < -0.3 is 9.84 Å². The van der Waals surface area contributed by atoms with Crippen molar-refractivity contribution >= 4 is 34.4 Å². The van der Waals surface area contributed by atoms with Gasteiger partial charge in [-0.25, -0.2) is 8.78 Å². The molecule has 0 saturated heterocycles. The molecule has 0 saturated carbocycles. The SMILES string of the molecule is Cc1c(C(C)C(=O)OC(C)(C)C)c2c(F)c(O)ccc2n1C(=O)c1ccc(Cl)c(F)c1. The van der Waals surface area contributed by atoms with Gasteiger partial charge in [-0.1, -0.05) is 11.6 Å². The number of ether oxygens (including phenoxy) is 1. The molecule has 1 aromatic heterocycles. The molecule has 3 aromatic rings. The van der Waals surface area contributed by atoms with Crippen LogP contribution in [0.1, 0.15) is 55.2 Å². The van der Waals surface area contributed by atoms with Gasteiger partial charge in [0, 0.05) is 16.6 Å². The monoisotopic (exact) mass is 449 g/mol. The highest BCUT2D eigenvalue weighted by molar-refractivity contribution is 6.30. The molecule has 0 bridgehead atoms. The second-order valence-electron chi connectivity index (χ2n) is 8.32. The number of benzene rings is 2. The first-order valence-electron chi connectivity index (χ1n) is 9.58. The van der Waals surface area contributed by atoms with Gasteiger partial charge >= 0.3 is 5.97 Å². The van der Waals surface area contributed by atoms with Gasteiger partial charge in [0.2, 0.25) is 0 Å². The number of carbonyl (C=O) groups excluding carboxylic acids is 2. The van der Waals surface area contributed by atoms with Crippen molar-refractivity contribution in [3.8, 4) is 5.75 Å². The van der Waals surface area contributed by atoms with Crippen LogP contribution in [0.2, 0.25) is 5.02 Å². The summed E-state index contributed by atoms with van der Waals surface area (Å²) in [5, 5.41) is 9.71. The summed E-state index contributed by atoms with van der Waals surface area (Å²) in [6.07, 6.45) is 0. The summed E-state index contributed by atoms with van der Waals surface area (Å²) in [4.78, 5) is 25.9. The third kappa shape index (κ3) is 4.14. The standard InChI is InChI=1S/C23H22ClF2NO4/c1-11(22(30)31-23(3,4)5)18-12(2)27(16-8-9-17(28)20(26)19(16)18)21(29)13-6-7-14(24)15(25)10-13/h6-11,28H,1-5H3. The third-order valence-corrected chi connectivity index (χ3v) is 5.20. The Morgan fingerprint density at radius 2 is 1.81 bits per heavy atom. The fraction of sp³-hybridized carbons (Fsp3) is 0.304. The van der Waals surface area contributed by atoms with Crippen LogP contribution in [-0.4, -0.2) is 27.2 Å². The molecular weight excluding hydrogens is 428 g/mol. The predicted octanol–water partition coefficient (Wildman–Crippen LogP) is 5.72. The smallest absolute Gasteiger partial charge is 0.313 e. The highest BCUT2D eigenvalue weighted by atomic mass is 35.5. The number of hydrogen-bond acceptors (Lipinski definition) is 4. The molecular formula is C23H22ClF2NO4. The van der Waals surface area contributed by atoms with E-state index in [9.17, 15) is 23.5 Å². The molecule has 1 unspecified atom stereocenters. The van der Waals surface area contributed by atoms with E-state index in [1.54, 1.807) is 27.7 Å². The van der Waals surface area contributed by atoms with Crippen LogP contribution in [0.3, 0.4) is 0 Å². The second-order valence-corrected chi connectivity index (χ2v) is 8.72. The van der Waals surface area contributed by atoms with E-state index >= 15 is 0 Å². The zero-order chi connectivity index (χ0) is 23.2. The number of rotatable bonds is 3. The minimum atomic E-state index is -0.958. The molecule has 5 nitrogen and oxygen atoms in total.